The highest BCUT2D eigenvalue weighted by atomic mass is 35.5. The van der Waals surface area contributed by atoms with Crippen LogP contribution in [0.5, 0.6) is 0 Å². The second-order valence-corrected chi connectivity index (χ2v) is 4.69. The number of anilines is 1. The molecule has 2 heterocycles. The highest BCUT2D eigenvalue weighted by molar-refractivity contribution is 6.29. The first-order chi connectivity index (χ1) is 9.13. The van der Waals surface area contributed by atoms with Crippen LogP contribution in [0.15, 0.2) is 36.4 Å². The lowest BCUT2D eigenvalue weighted by Crippen LogP contribution is -1.99. The Balaban J connectivity index is 2.32. The SMILES string of the molecule is Cc1ccc(-c2nc(N)nc3ccc(Cl)nc23)cc1. The molecular formula is C14H11ClN4. The van der Waals surface area contributed by atoms with Crippen molar-refractivity contribution < 1.29 is 0 Å². The van der Waals surface area contributed by atoms with E-state index in [1.54, 1.807) is 12.1 Å². The second kappa shape index (κ2) is 4.48. The first-order valence-electron chi connectivity index (χ1n) is 5.80. The van der Waals surface area contributed by atoms with Crippen molar-refractivity contribution in [3.63, 3.8) is 0 Å². The Morgan fingerprint density at radius 1 is 0.947 bits per heavy atom. The minimum Gasteiger partial charge on any atom is -0.368 e. The van der Waals surface area contributed by atoms with Crippen molar-refractivity contribution in [1.29, 1.82) is 0 Å². The van der Waals surface area contributed by atoms with Crippen LogP contribution in [-0.2, 0) is 0 Å². The zero-order valence-electron chi connectivity index (χ0n) is 10.3. The largest absolute Gasteiger partial charge is 0.368 e. The Morgan fingerprint density at radius 3 is 2.42 bits per heavy atom. The van der Waals surface area contributed by atoms with Gasteiger partial charge in [0.15, 0.2) is 0 Å². The van der Waals surface area contributed by atoms with Gasteiger partial charge in [-0.25, -0.2) is 15.0 Å². The maximum absolute atomic E-state index is 5.95. The number of hydrogen-bond donors (Lipinski definition) is 1. The van der Waals surface area contributed by atoms with E-state index in [0.29, 0.717) is 21.9 Å². The molecule has 0 aliphatic heterocycles. The van der Waals surface area contributed by atoms with Gasteiger partial charge in [-0.05, 0) is 19.1 Å². The van der Waals surface area contributed by atoms with Crippen molar-refractivity contribution in [2.24, 2.45) is 0 Å². The van der Waals surface area contributed by atoms with Crippen LogP contribution in [0.4, 0.5) is 5.95 Å². The Bertz CT molecular complexity index is 753. The number of halogens is 1. The highest BCUT2D eigenvalue weighted by Gasteiger charge is 2.10. The van der Waals surface area contributed by atoms with E-state index in [0.717, 1.165) is 5.56 Å². The lowest BCUT2D eigenvalue weighted by atomic mass is 10.1. The molecule has 0 amide bonds. The average molecular weight is 271 g/mol. The Kier molecular flexibility index (Phi) is 2.80. The molecule has 0 unspecified atom stereocenters. The molecule has 0 saturated heterocycles. The van der Waals surface area contributed by atoms with Gasteiger partial charge in [0.25, 0.3) is 0 Å². The van der Waals surface area contributed by atoms with Gasteiger partial charge in [-0.1, -0.05) is 41.4 Å². The van der Waals surface area contributed by atoms with Gasteiger partial charge in [0.2, 0.25) is 5.95 Å². The molecule has 5 heteroatoms. The maximum atomic E-state index is 5.95. The van der Waals surface area contributed by atoms with Crippen LogP contribution in [0.25, 0.3) is 22.3 Å². The average Bonchev–Trinajstić information content (AvgIpc) is 2.39. The minimum absolute atomic E-state index is 0.229. The summed E-state index contributed by atoms with van der Waals surface area (Å²) >= 11 is 5.95. The first-order valence-corrected chi connectivity index (χ1v) is 6.18. The fraction of sp³-hybridized carbons (Fsp3) is 0.0714. The molecule has 0 spiro atoms. The molecule has 0 fully saturated rings. The standard InChI is InChI=1S/C14H11ClN4/c1-8-2-4-9(5-3-8)12-13-10(17-14(16)19-12)6-7-11(15)18-13/h2-7H,1H3,(H2,16,17,19). The fourth-order valence-electron chi connectivity index (χ4n) is 1.92. The molecule has 19 heavy (non-hydrogen) atoms. The summed E-state index contributed by atoms with van der Waals surface area (Å²) in [6.45, 7) is 2.03. The molecular weight excluding hydrogens is 260 g/mol. The summed E-state index contributed by atoms with van der Waals surface area (Å²) in [5, 5.41) is 0.411. The normalized spacial score (nSPS) is 10.8. The molecule has 0 aliphatic rings. The number of hydrogen-bond acceptors (Lipinski definition) is 4. The Morgan fingerprint density at radius 2 is 1.68 bits per heavy atom. The fourth-order valence-corrected chi connectivity index (χ4v) is 2.07. The Labute approximate surface area is 115 Å². The van der Waals surface area contributed by atoms with Crippen LogP contribution >= 0.6 is 11.6 Å². The van der Waals surface area contributed by atoms with Gasteiger partial charge in [-0.2, -0.15) is 0 Å². The molecule has 2 aromatic heterocycles. The first kappa shape index (κ1) is 11.9. The number of aryl methyl sites for hydroxylation is 1. The molecule has 2 N–H and O–H groups in total. The summed E-state index contributed by atoms with van der Waals surface area (Å²) < 4.78 is 0. The quantitative estimate of drug-likeness (QED) is 0.690. The van der Waals surface area contributed by atoms with E-state index in [2.05, 4.69) is 15.0 Å². The highest BCUT2D eigenvalue weighted by Crippen LogP contribution is 2.26. The van der Waals surface area contributed by atoms with E-state index in [-0.39, 0.29) is 5.95 Å². The van der Waals surface area contributed by atoms with Crippen molar-refractivity contribution in [1.82, 2.24) is 15.0 Å². The second-order valence-electron chi connectivity index (χ2n) is 4.30. The zero-order valence-corrected chi connectivity index (χ0v) is 11.0. The molecule has 1 aromatic carbocycles. The number of fused-ring (bicyclic) bond motifs is 1. The van der Waals surface area contributed by atoms with E-state index >= 15 is 0 Å². The third-order valence-electron chi connectivity index (χ3n) is 2.85. The lowest BCUT2D eigenvalue weighted by molar-refractivity contribution is 1.21. The summed E-state index contributed by atoms with van der Waals surface area (Å²) in [5.74, 6) is 0.229. The lowest BCUT2D eigenvalue weighted by Gasteiger charge is -2.06. The molecule has 0 aliphatic carbocycles. The van der Waals surface area contributed by atoms with E-state index in [1.165, 1.54) is 5.56 Å². The molecule has 0 saturated carbocycles. The van der Waals surface area contributed by atoms with Gasteiger partial charge in [-0.15, -0.1) is 0 Å². The number of aromatic nitrogens is 3. The zero-order chi connectivity index (χ0) is 13.4. The third kappa shape index (κ3) is 2.22. The van der Waals surface area contributed by atoms with E-state index < -0.39 is 0 Å². The monoisotopic (exact) mass is 270 g/mol. The predicted molar refractivity (Wildman–Crippen MR) is 76.9 cm³/mol. The number of rotatable bonds is 1. The smallest absolute Gasteiger partial charge is 0.221 e. The molecule has 0 radical (unpaired) electrons. The summed E-state index contributed by atoms with van der Waals surface area (Å²) in [7, 11) is 0. The van der Waals surface area contributed by atoms with Crippen molar-refractivity contribution in [2.75, 3.05) is 5.73 Å². The number of nitrogens with two attached hydrogens (primary N) is 1. The molecule has 3 aromatic rings. The van der Waals surface area contributed by atoms with Gasteiger partial charge in [0.05, 0.1) is 5.52 Å². The summed E-state index contributed by atoms with van der Waals surface area (Å²) in [4.78, 5) is 12.8. The van der Waals surface area contributed by atoms with E-state index in [9.17, 15) is 0 Å². The summed E-state index contributed by atoms with van der Waals surface area (Å²) in [5.41, 5.74) is 9.92. The van der Waals surface area contributed by atoms with Crippen LogP contribution in [0, 0.1) is 6.92 Å². The van der Waals surface area contributed by atoms with Gasteiger partial charge in [0.1, 0.15) is 16.4 Å². The molecule has 0 bridgehead atoms. The van der Waals surface area contributed by atoms with Gasteiger partial charge in [0, 0.05) is 5.56 Å². The maximum Gasteiger partial charge on any atom is 0.221 e. The van der Waals surface area contributed by atoms with Crippen molar-refractivity contribution in [2.45, 2.75) is 6.92 Å². The number of pyridine rings is 1. The molecule has 94 valence electrons. The van der Waals surface area contributed by atoms with Crippen LogP contribution < -0.4 is 5.73 Å². The van der Waals surface area contributed by atoms with Gasteiger partial charge >= 0.3 is 0 Å². The third-order valence-corrected chi connectivity index (χ3v) is 3.06. The van der Waals surface area contributed by atoms with Gasteiger partial charge < -0.3 is 5.73 Å². The Hall–Kier alpha value is -2.20. The van der Waals surface area contributed by atoms with Crippen molar-refractivity contribution >= 4 is 28.6 Å². The summed E-state index contributed by atoms with van der Waals surface area (Å²) in [6.07, 6.45) is 0. The van der Waals surface area contributed by atoms with E-state index in [1.807, 2.05) is 31.2 Å². The van der Waals surface area contributed by atoms with Crippen LogP contribution in [-0.4, -0.2) is 15.0 Å². The minimum atomic E-state index is 0.229. The number of nitrogens with zero attached hydrogens (tertiary/aromatic N) is 3. The molecule has 4 nitrogen and oxygen atoms in total. The van der Waals surface area contributed by atoms with Crippen LogP contribution in [0.3, 0.4) is 0 Å². The van der Waals surface area contributed by atoms with E-state index in [4.69, 9.17) is 17.3 Å². The number of nitrogen functional groups attached to an aromatic ring is 1. The summed E-state index contributed by atoms with van der Waals surface area (Å²) in [6, 6.07) is 11.5. The topological polar surface area (TPSA) is 64.7 Å². The number of benzene rings is 1. The van der Waals surface area contributed by atoms with Gasteiger partial charge in [-0.3, -0.25) is 0 Å². The van der Waals surface area contributed by atoms with Crippen LogP contribution in [0.2, 0.25) is 5.15 Å². The van der Waals surface area contributed by atoms with Crippen molar-refractivity contribution in [3.05, 3.63) is 47.1 Å². The van der Waals surface area contributed by atoms with Crippen molar-refractivity contribution in [3.8, 4) is 11.3 Å². The molecule has 0 atom stereocenters. The molecule has 3 rings (SSSR count). The van der Waals surface area contributed by atoms with Crippen LogP contribution in [0.1, 0.15) is 5.56 Å². The predicted octanol–water partition coefficient (Wildman–Crippen LogP) is 3.24.